The van der Waals surface area contributed by atoms with Crippen LogP contribution in [0.3, 0.4) is 0 Å². The molecule has 2 rings (SSSR count). The summed E-state index contributed by atoms with van der Waals surface area (Å²) in [5, 5.41) is 0. The molecule has 2 aliphatic rings. The van der Waals surface area contributed by atoms with Crippen LogP contribution in [0.25, 0.3) is 0 Å². The van der Waals surface area contributed by atoms with Gasteiger partial charge in [-0.15, -0.1) is 0 Å². The van der Waals surface area contributed by atoms with Crippen LogP contribution in [-0.2, 0) is 4.74 Å². The summed E-state index contributed by atoms with van der Waals surface area (Å²) in [6.45, 7) is 6.69. The summed E-state index contributed by atoms with van der Waals surface area (Å²) in [4.78, 5) is 2.58. The van der Waals surface area contributed by atoms with E-state index in [-0.39, 0.29) is 0 Å². The number of nitrogens with two attached hydrogens (primary N) is 1. The Bertz CT molecular complexity index is 202. The molecule has 2 heterocycles. The number of piperidine rings is 1. The molecule has 0 aromatic carbocycles. The zero-order valence-corrected chi connectivity index (χ0v) is 10.5. The Kier molecular flexibility index (Phi) is 4.62. The zero-order chi connectivity index (χ0) is 11.4. The van der Waals surface area contributed by atoms with E-state index >= 15 is 0 Å². The third-order valence-corrected chi connectivity index (χ3v) is 4.06. The maximum Gasteiger partial charge on any atom is 0.0706 e. The monoisotopic (exact) mass is 226 g/mol. The van der Waals surface area contributed by atoms with Gasteiger partial charge >= 0.3 is 0 Å². The lowest BCUT2D eigenvalue weighted by Gasteiger charge is -2.33. The minimum atomic E-state index is 0.486. The van der Waals surface area contributed by atoms with Crippen molar-refractivity contribution in [3.8, 4) is 0 Å². The maximum atomic E-state index is 5.88. The molecule has 0 spiro atoms. The van der Waals surface area contributed by atoms with Gasteiger partial charge in [0.1, 0.15) is 0 Å². The van der Waals surface area contributed by atoms with Crippen molar-refractivity contribution in [2.24, 2.45) is 11.7 Å². The molecule has 3 nitrogen and oxygen atoms in total. The van der Waals surface area contributed by atoms with E-state index in [1.54, 1.807) is 0 Å². The van der Waals surface area contributed by atoms with E-state index in [2.05, 4.69) is 11.8 Å². The first-order valence-electron chi connectivity index (χ1n) is 6.86. The SMILES string of the molecule is CC1CCC(CN2CCC(CCN)CC2)O1. The van der Waals surface area contributed by atoms with Gasteiger partial charge in [0.05, 0.1) is 12.2 Å². The van der Waals surface area contributed by atoms with Crippen LogP contribution in [0.2, 0.25) is 0 Å². The van der Waals surface area contributed by atoms with E-state index < -0.39 is 0 Å². The molecule has 16 heavy (non-hydrogen) atoms. The minimum absolute atomic E-state index is 0.486. The topological polar surface area (TPSA) is 38.5 Å². The summed E-state index contributed by atoms with van der Waals surface area (Å²) >= 11 is 0. The molecule has 3 heteroatoms. The quantitative estimate of drug-likeness (QED) is 0.791. The molecule has 0 radical (unpaired) electrons. The molecule has 0 aliphatic carbocycles. The Morgan fingerprint density at radius 2 is 1.94 bits per heavy atom. The fourth-order valence-electron chi connectivity index (χ4n) is 3.00. The van der Waals surface area contributed by atoms with Crippen molar-refractivity contribution in [1.82, 2.24) is 4.90 Å². The Morgan fingerprint density at radius 1 is 1.19 bits per heavy atom. The van der Waals surface area contributed by atoms with Gasteiger partial charge in [-0.1, -0.05) is 0 Å². The van der Waals surface area contributed by atoms with Crippen LogP contribution in [-0.4, -0.2) is 43.3 Å². The van der Waals surface area contributed by atoms with E-state index in [0.717, 1.165) is 19.0 Å². The zero-order valence-electron chi connectivity index (χ0n) is 10.5. The van der Waals surface area contributed by atoms with Gasteiger partial charge in [-0.2, -0.15) is 0 Å². The summed E-state index contributed by atoms with van der Waals surface area (Å²) < 4.78 is 5.88. The fraction of sp³-hybridized carbons (Fsp3) is 1.00. The van der Waals surface area contributed by atoms with E-state index in [1.165, 1.54) is 45.2 Å². The molecule has 2 saturated heterocycles. The predicted octanol–water partition coefficient (Wildman–Crippen LogP) is 1.61. The molecule has 94 valence electrons. The van der Waals surface area contributed by atoms with Gasteiger partial charge in [-0.3, -0.25) is 0 Å². The van der Waals surface area contributed by atoms with Gasteiger partial charge in [0, 0.05) is 6.54 Å². The van der Waals surface area contributed by atoms with E-state index in [4.69, 9.17) is 10.5 Å². The summed E-state index contributed by atoms with van der Waals surface area (Å²) in [5.41, 5.74) is 5.61. The standard InChI is InChI=1S/C13H26N2O/c1-11-2-3-13(16-11)10-15-8-5-12(4-7-14)6-9-15/h11-13H,2-10,14H2,1H3. The molecule has 0 aromatic heterocycles. The van der Waals surface area contributed by atoms with Crippen molar-refractivity contribution in [2.45, 2.75) is 51.2 Å². The molecule has 2 atom stereocenters. The first-order valence-corrected chi connectivity index (χ1v) is 6.86. The Labute approximate surface area is 99.3 Å². The molecule has 2 N–H and O–H groups in total. The molecule has 0 aromatic rings. The second-order valence-electron chi connectivity index (χ2n) is 5.47. The van der Waals surface area contributed by atoms with Crippen LogP contribution in [0.4, 0.5) is 0 Å². The second-order valence-corrected chi connectivity index (χ2v) is 5.47. The van der Waals surface area contributed by atoms with E-state index in [0.29, 0.717) is 12.2 Å². The molecule has 0 amide bonds. The maximum absolute atomic E-state index is 5.88. The number of ether oxygens (including phenoxy) is 1. The number of rotatable bonds is 4. The minimum Gasteiger partial charge on any atom is -0.374 e. The average molecular weight is 226 g/mol. The fourth-order valence-corrected chi connectivity index (χ4v) is 3.00. The number of nitrogens with zero attached hydrogens (tertiary/aromatic N) is 1. The lowest BCUT2D eigenvalue weighted by molar-refractivity contribution is 0.0236. The van der Waals surface area contributed by atoms with Gasteiger partial charge in [-0.05, 0) is 64.6 Å². The van der Waals surface area contributed by atoms with E-state index in [1.807, 2.05) is 0 Å². The van der Waals surface area contributed by atoms with Gasteiger partial charge in [0.15, 0.2) is 0 Å². The van der Waals surface area contributed by atoms with Crippen molar-refractivity contribution >= 4 is 0 Å². The molecule has 2 aliphatic heterocycles. The van der Waals surface area contributed by atoms with Crippen molar-refractivity contribution in [2.75, 3.05) is 26.2 Å². The Morgan fingerprint density at radius 3 is 2.50 bits per heavy atom. The summed E-state index contributed by atoms with van der Waals surface area (Å²) in [7, 11) is 0. The summed E-state index contributed by atoms with van der Waals surface area (Å²) in [5.74, 6) is 0.879. The van der Waals surface area contributed by atoms with Crippen LogP contribution in [0.15, 0.2) is 0 Å². The highest BCUT2D eigenvalue weighted by molar-refractivity contribution is 4.78. The number of hydrogen-bond donors (Lipinski definition) is 1. The molecule has 2 unspecified atom stereocenters. The van der Waals surface area contributed by atoms with Crippen molar-refractivity contribution in [3.05, 3.63) is 0 Å². The van der Waals surface area contributed by atoms with Crippen molar-refractivity contribution in [3.63, 3.8) is 0 Å². The van der Waals surface area contributed by atoms with Crippen LogP contribution < -0.4 is 5.73 Å². The van der Waals surface area contributed by atoms with Gasteiger partial charge < -0.3 is 15.4 Å². The lowest BCUT2D eigenvalue weighted by Crippen LogP contribution is -2.39. The van der Waals surface area contributed by atoms with Gasteiger partial charge in [-0.25, -0.2) is 0 Å². The Hall–Kier alpha value is -0.120. The number of hydrogen-bond acceptors (Lipinski definition) is 3. The molecular formula is C13H26N2O. The van der Waals surface area contributed by atoms with Crippen LogP contribution >= 0.6 is 0 Å². The largest absolute Gasteiger partial charge is 0.374 e. The smallest absolute Gasteiger partial charge is 0.0706 e. The molecule has 0 saturated carbocycles. The molecular weight excluding hydrogens is 200 g/mol. The van der Waals surface area contributed by atoms with E-state index in [9.17, 15) is 0 Å². The lowest BCUT2D eigenvalue weighted by atomic mass is 9.93. The third-order valence-electron chi connectivity index (χ3n) is 4.06. The Balaban J connectivity index is 1.65. The number of likely N-dealkylation sites (tertiary alicyclic amines) is 1. The van der Waals surface area contributed by atoms with Crippen LogP contribution in [0.5, 0.6) is 0 Å². The summed E-state index contributed by atoms with van der Waals surface area (Å²) in [6, 6.07) is 0. The first-order chi connectivity index (χ1) is 7.78. The molecule has 0 bridgehead atoms. The van der Waals surface area contributed by atoms with Crippen molar-refractivity contribution in [1.29, 1.82) is 0 Å². The summed E-state index contributed by atoms with van der Waals surface area (Å²) in [6.07, 6.45) is 7.36. The van der Waals surface area contributed by atoms with Crippen LogP contribution in [0, 0.1) is 5.92 Å². The first kappa shape index (κ1) is 12.3. The van der Waals surface area contributed by atoms with Gasteiger partial charge in [0.2, 0.25) is 0 Å². The van der Waals surface area contributed by atoms with Crippen LogP contribution in [0.1, 0.15) is 39.0 Å². The third kappa shape index (κ3) is 3.44. The normalized spacial score (nSPS) is 33.4. The predicted molar refractivity (Wildman–Crippen MR) is 66.4 cm³/mol. The molecule has 2 fully saturated rings. The highest BCUT2D eigenvalue weighted by Crippen LogP contribution is 2.23. The highest BCUT2D eigenvalue weighted by Gasteiger charge is 2.26. The van der Waals surface area contributed by atoms with Gasteiger partial charge in [0.25, 0.3) is 0 Å². The highest BCUT2D eigenvalue weighted by atomic mass is 16.5. The van der Waals surface area contributed by atoms with Crippen molar-refractivity contribution < 1.29 is 4.74 Å². The second kappa shape index (κ2) is 5.99. The average Bonchev–Trinajstić information content (AvgIpc) is 2.67.